The summed E-state index contributed by atoms with van der Waals surface area (Å²) >= 11 is 0. The molecule has 0 unspecified atom stereocenters. The van der Waals surface area contributed by atoms with E-state index in [2.05, 4.69) is 10.6 Å². The van der Waals surface area contributed by atoms with Gasteiger partial charge in [-0.1, -0.05) is 49.7 Å². The van der Waals surface area contributed by atoms with Crippen LogP contribution in [-0.4, -0.2) is 18.5 Å². The molecule has 2 rings (SSSR count). The first-order chi connectivity index (χ1) is 13.0. The lowest BCUT2D eigenvalue weighted by atomic mass is 10.0. The summed E-state index contributed by atoms with van der Waals surface area (Å²) in [6.07, 6.45) is 0.440. The summed E-state index contributed by atoms with van der Waals surface area (Å²) in [6, 6.07) is 11.8. The molecule has 2 amide bonds. The third-order valence-electron chi connectivity index (χ3n) is 3.86. The van der Waals surface area contributed by atoms with E-state index >= 15 is 0 Å². The van der Waals surface area contributed by atoms with Crippen LogP contribution in [0.5, 0.6) is 0 Å². The van der Waals surface area contributed by atoms with Gasteiger partial charge in [0.15, 0.2) is 0 Å². The second-order valence-electron chi connectivity index (χ2n) is 5.99. The number of ether oxygens (including phenoxy) is 1. The highest BCUT2D eigenvalue weighted by atomic mass is 19.1. The van der Waals surface area contributed by atoms with Crippen LogP contribution in [0.15, 0.2) is 48.5 Å². The summed E-state index contributed by atoms with van der Waals surface area (Å²) in [7, 11) is 0. The predicted octanol–water partition coefficient (Wildman–Crippen LogP) is 3.85. The molecular weight excluding hydrogens is 354 g/mol. The van der Waals surface area contributed by atoms with Gasteiger partial charge in [0, 0.05) is 11.6 Å². The van der Waals surface area contributed by atoms with Crippen LogP contribution in [0.1, 0.15) is 36.9 Å². The van der Waals surface area contributed by atoms with E-state index in [0.717, 1.165) is 17.7 Å². The molecule has 5 nitrogen and oxygen atoms in total. The number of carbonyl (C=O) groups excluding carboxylic acids is 2. The number of alkyl carbamates (subject to hydrolysis) is 1. The number of halogens is 2. The molecule has 1 atom stereocenters. The van der Waals surface area contributed by atoms with Gasteiger partial charge in [-0.3, -0.25) is 4.79 Å². The van der Waals surface area contributed by atoms with Gasteiger partial charge in [0.1, 0.15) is 24.8 Å². The van der Waals surface area contributed by atoms with Crippen molar-refractivity contribution in [3.63, 3.8) is 0 Å². The van der Waals surface area contributed by atoms with Crippen LogP contribution in [-0.2, 0) is 16.1 Å². The van der Waals surface area contributed by atoms with E-state index in [4.69, 9.17) is 4.74 Å². The second kappa shape index (κ2) is 10.3. The predicted molar refractivity (Wildman–Crippen MR) is 96.8 cm³/mol. The Hall–Kier alpha value is -2.96. The fourth-order valence-corrected chi connectivity index (χ4v) is 2.55. The van der Waals surface area contributed by atoms with E-state index in [1.54, 1.807) is 0 Å². The molecule has 0 aliphatic rings. The Morgan fingerprint density at radius 3 is 2.52 bits per heavy atom. The van der Waals surface area contributed by atoms with Gasteiger partial charge < -0.3 is 15.4 Å². The third kappa shape index (κ3) is 6.69. The Kier molecular flexibility index (Phi) is 7.73. The smallest absolute Gasteiger partial charge is 0.407 e. The van der Waals surface area contributed by atoms with E-state index < -0.39 is 29.7 Å². The topological polar surface area (TPSA) is 67.4 Å². The molecule has 27 heavy (non-hydrogen) atoms. The molecule has 2 N–H and O–H groups in total. The summed E-state index contributed by atoms with van der Waals surface area (Å²) in [5.41, 5.74) is 1.03. The van der Waals surface area contributed by atoms with Crippen molar-refractivity contribution in [1.82, 2.24) is 10.6 Å². The van der Waals surface area contributed by atoms with Crippen molar-refractivity contribution in [2.45, 2.75) is 32.4 Å². The zero-order chi connectivity index (χ0) is 19.6. The van der Waals surface area contributed by atoms with Crippen LogP contribution < -0.4 is 10.6 Å². The van der Waals surface area contributed by atoms with Crippen molar-refractivity contribution in [2.24, 2.45) is 0 Å². The molecule has 0 radical (unpaired) electrons. The normalized spacial score (nSPS) is 11.5. The average molecular weight is 376 g/mol. The Bertz CT molecular complexity index is 769. The van der Waals surface area contributed by atoms with Gasteiger partial charge in [0.25, 0.3) is 0 Å². The summed E-state index contributed by atoms with van der Waals surface area (Å²) < 4.78 is 32.1. The maximum absolute atomic E-state index is 14.0. The number of hydrogen-bond acceptors (Lipinski definition) is 3. The molecule has 2 aromatic carbocycles. The number of nitrogens with one attached hydrogen (secondary N) is 2. The molecule has 0 aromatic heterocycles. The van der Waals surface area contributed by atoms with Crippen LogP contribution in [0.2, 0.25) is 0 Å². The Labute approximate surface area is 156 Å². The number of carbonyl (C=O) groups is 2. The fourth-order valence-electron chi connectivity index (χ4n) is 2.55. The van der Waals surface area contributed by atoms with E-state index in [9.17, 15) is 18.4 Å². The molecule has 144 valence electrons. The molecular formula is C20H22F2N2O3. The minimum atomic E-state index is -0.728. The maximum atomic E-state index is 14.0. The second-order valence-corrected chi connectivity index (χ2v) is 5.99. The van der Waals surface area contributed by atoms with Crippen LogP contribution in [0, 0.1) is 11.6 Å². The number of rotatable bonds is 8. The molecule has 0 aliphatic heterocycles. The van der Waals surface area contributed by atoms with E-state index in [1.807, 2.05) is 37.3 Å². The average Bonchev–Trinajstić information content (AvgIpc) is 2.65. The third-order valence-corrected chi connectivity index (χ3v) is 3.86. The quantitative estimate of drug-likeness (QED) is 0.735. The van der Waals surface area contributed by atoms with Crippen LogP contribution in [0.4, 0.5) is 13.6 Å². The van der Waals surface area contributed by atoms with Gasteiger partial charge in [0.2, 0.25) is 5.91 Å². The molecule has 0 aliphatic carbocycles. The largest absolute Gasteiger partial charge is 0.445 e. The van der Waals surface area contributed by atoms with Crippen molar-refractivity contribution >= 4 is 12.0 Å². The summed E-state index contributed by atoms with van der Waals surface area (Å²) in [4.78, 5) is 23.8. The molecule has 2 aromatic rings. The zero-order valence-electron chi connectivity index (χ0n) is 15.0. The monoisotopic (exact) mass is 376 g/mol. The number of benzene rings is 2. The van der Waals surface area contributed by atoms with Crippen molar-refractivity contribution in [3.05, 3.63) is 71.3 Å². The number of hydrogen-bond donors (Lipinski definition) is 2. The van der Waals surface area contributed by atoms with Crippen LogP contribution >= 0.6 is 0 Å². The number of amides is 2. The molecule has 0 saturated carbocycles. The van der Waals surface area contributed by atoms with E-state index in [0.29, 0.717) is 12.8 Å². The van der Waals surface area contributed by atoms with Gasteiger partial charge in [-0.2, -0.15) is 0 Å². The minimum absolute atomic E-state index is 0.0908. The molecule has 0 saturated heterocycles. The van der Waals surface area contributed by atoms with E-state index in [1.165, 1.54) is 6.07 Å². The standard InChI is InChI=1S/C20H22F2N2O3/c1-2-6-18(16-10-9-15(21)11-17(16)22)24-19(25)12-23-20(26)27-13-14-7-4-3-5-8-14/h3-5,7-11,18H,2,6,12-13H2,1H3,(H,23,26)(H,24,25)/t18-/m1/s1. The highest BCUT2D eigenvalue weighted by Crippen LogP contribution is 2.22. The van der Waals surface area contributed by atoms with Gasteiger partial charge >= 0.3 is 6.09 Å². The Balaban J connectivity index is 1.83. The molecule has 0 fully saturated rings. The summed E-state index contributed by atoms with van der Waals surface area (Å²) in [5.74, 6) is -1.89. The zero-order valence-corrected chi connectivity index (χ0v) is 15.0. The van der Waals surface area contributed by atoms with Gasteiger partial charge in [-0.25, -0.2) is 13.6 Å². The first kappa shape index (κ1) is 20.4. The van der Waals surface area contributed by atoms with Crippen LogP contribution in [0.25, 0.3) is 0 Å². The fraction of sp³-hybridized carbons (Fsp3) is 0.300. The minimum Gasteiger partial charge on any atom is -0.445 e. The van der Waals surface area contributed by atoms with E-state index in [-0.39, 0.29) is 18.7 Å². The summed E-state index contributed by atoms with van der Waals surface area (Å²) in [5, 5.41) is 5.00. The SMILES string of the molecule is CCC[C@@H](NC(=O)CNC(=O)OCc1ccccc1)c1ccc(F)cc1F. The molecule has 0 heterocycles. The highest BCUT2D eigenvalue weighted by Gasteiger charge is 2.18. The molecule has 0 spiro atoms. The van der Waals surface area contributed by atoms with Crippen molar-refractivity contribution in [3.8, 4) is 0 Å². The highest BCUT2D eigenvalue weighted by molar-refractivity contribution is 5.82. The first-order valence-corrected chi connectivity index (χ1v) is 8.68. The van der Waals surface area contributed by atoms with Crippen LogP contribution in [0.3, 0.4) is 0 Å². The first-order valence-electron chi connectivity index (χ1n) is 8.68. The maximum Gasteiger partial charge on any atom is 0.407 e. The van der Waals surface area contributed by atoms with Gasteiger partial charge in [0.05, 0.1) is 6.04 Å². The van der Waals surface area contributed by atoms with Crippen molar-refractivity contribution < 1.29 is 23.1 Å². The van der Waals surface area contributed by atoms with Crippen molar-refractivity contribution in [2.75, 3.05) is 6.54 Å². The Morgan fingerprint density at radius 2 is 1.85 bits per heavy atom. The summed E-state index contributed by atoms with van der Waals surface area (Å²) in [6.45, 7) is 1.67. The van der Waals surface area contributed by atoms with Gasteiger partial charge in [-0.05, 0) is 18.1 Å². The Morgan fingerprint density at radius 1 is 1.11 bits per heavy atom. The molecule has 7 heteroatoms. The lowest BCUT2D eigenvalue weighted by Gasteiger charge is -2.19. The molecule has 0 bridgehead atoms. The van der Waals surface area contributed by atoms with Crippen molar-refractivity contribution in [1.29, 1.82) is 0 Å². The lowest BCUT2D eigenvalue weighted by molar-refractivity contribution is -0.121. The van der Waals surface area contributed by atoms with Gasteiger partial charge in [-0.15, -0.1) is 0 Å². The lowest BCUT2D eigenvalue weighted by Crippen LogP contribution is -2.39.